The van der Waals surface area contributed by atoms with Crippen LogP contribution in [-0.4, -0.2) is 31.3 Å². The lowest BCUT2D eigenvalue weighted by Gasteiger charge is -2.20. The Hall–Kier alpha value is -2.34. The summed E-state index contributed by atoms with van der Waals surface area (Å²) in [6.45, 7) is 8.11. The summed E-state index contributed by atoms with van der Waals surface area (Å²) in [5.41, 5.74) is 4.66. The number of carbonyl (C=O) groups is 1. The van der Waals surface area contributed by atoms with Crippen LogP contribution < -0.4 is 15.1 Å². The third-order valence-electron chi connectivity index (χ3n) is 4.15. The topological polar surface area (TPSA) is 53.9 Å². The molecule has 6 heteroatoms. The molecule has 0 saturated heterocycles. The number of rotatable bonds is 9. The molecular formula is C21H26BrN3O2. The fourth-order valence-electron chi connectivity index (χ4n) is 2.63. The molecule has 0 saturated carbocycles. The van der Waals surface area contributed by atoms with Crippen molar-refractivity contribution in [3.05, 3.63) is 58.6 Å². The van der Waals surface area contributed by atoms with Gasteiger partial charge in [0.25, 0.3) is 5.91 Å². The summed E-state index contributed by atoms with van der Waals surface area (Å²) in [6, 6.07) is 15.5. The first-order valence-electron chi connectivity index (χ1n) is 9.17. The summed E-state index contributed by atoms with van der Waals surface area (Å²) in [5.74, 6) is 0.371. The van der Waals surface area contributed by atoms with Gasteiger partial charge >= 0.3 is 0 Å². The molecule has 2 aromatic rings. The molecule has 1 atom stereocenters. The van der Waals surface area contributed by atoms with Crippen molar-refractivity contribution in [3.63, 3.8) is 0 Å². The number of hydrazone groups is 1. The van der Waals surface area contributed by atoms with E-state index in [0.717, 1.165) is 23.1 Å². The predicted molar refractivity (Wildman–Crippen MR) is 115 cm³/mol. The largest absolute Gasteiger partial charge is 0.481 e. The van der Waals surface area contributed by atoms with Crippen LogP contribution in [0.1, 0.15) is 32.8 Å². The van der Waals surface area contributed by atoms with E-state index in [9.17, 15) is 4.79 Å². The normalized spacial score (nSPS) is 12.0. The average molecular weight is 432 g/mol. The second kappa shape index (κ2) is 10.7. The van der Waals surface area contributed by atoms with Crippen molar-refractivity contribution >= 4 is 33.7 Å². The Balaban J connectivity index is 1.92. The maximum Gasteiger partial charge on any atom is 0.281 e. The quantitative estimate of drug-likeness (QED) is 0.466. The standard InChI is InChI=1S/C21H26BrN3O2/c1-4-20(27-19-9-7-8-17(22)14-19)21(26)24-23-15-16-10-12-18(13-11-16)25(5-2)6-3/h7-15,20H,4-6H2,1-3H3,(H,24,26)/b23-15-/t20-/m0/s1. The Labute approximate surface area is 169 Å². The van der Waals surface area contributed by atoms with E-state index in [1.165, 1.54) is 5.69 Å². The van der Waals surface area contributed by atoms with E-state index in [-0.39, 0.29) is 5.91 Å². The number of hydrogen-bond acceptors (Lipinski definition) is 4. The highest BCUT2D eigenvalue weighted by Gasteiger charge is 2.17. The molecule has 0 unspecified atom stereocenters. The molecule has 2 rings (SSSR count). The van der Waals surface area contributed by atoms with Gasteiger partial charge in [-0.1, -0.05) is 41.1 Å². The van der Waals surface area contributed by atoms with E-state index >= 15 is 0 Å². The zero-order valence-corrected chi connectivity index (χ0v) is 17.6. The second-order valence-electron chi connectivity index (χ2n) is 5.97. The molecule has 144 valence electrons. The van der Waals surface area contributed by atoms with Crippen molar-refractivity contribution in [1.29, 1.82) is 0 Å². The molecule has 0 heterocycles. The molecule has 0 aromatic heterocycles. The Morgan fingerprint density at radius 3 is 2.48 bits per heavy atom. The van der Waals surface area contributed by atoms with Gasteiger partial charge in [-0.3, -0.25) is 4.79 Å². The molecule has 1 amide bonds. The summed E-state index contributed by atoms with van der Waals surface area (Å²) in [5, 5.41) is 4.06. The van der Waals surface area contributed by atoms with Crippen LogP contribution in [0.5, 0.6) is 5.75 Å². The number of halogens is 1. The first-order chi connectivity index (χ1) is 13.1. The third kappa shape index (κ3) is 6.40. The number of benzene rings is 2. The van der Waals surface area contributed by atoms with E-state index in [1.807, 2.05) is 43.3 Å². The van der Waals surface area contributed by atoms with Crippen molar-refractivity contribution in [2.45, 2.75) is 33.3 Å². The van der Waals surface area contributed by atoms with Crippen LogP contribution in [0.15, 0.2) is 58.1 Å². The first-order valence-corrected chi connectivity index (χ1v) is 9.96. The van der Waals surface area contributed by atoms with Crippen LogP contribution in [-0.2, 0) is 4.79 Å². The molecule has 1 N–H and O–H groups in total. The maximum atomic E-state index is 12.3. The fourth-order valence-corrected chi connectivity index (χ4v) is 3.01. The molecule has 0 aliphatic carbocycles. The minimum atomic E-state index is -0.596. The molecule has 0 spiro atoms. The molecule has 27 heavy (non-hydrogen) atoms. The molecular weight excluding hydrogens is 406 g/mol. The maximum absolute atomic E-state index is 12.3. The Morgan fingerprint density at radius 2 is 1.89 bits per heavy atom. The smallest absolute Gasteiger partial charge is 0.281 e. The Kier molecular flexibility index (Phi) is 8.33. The summed E-state index contributed by atoms with van der Waals surface area (Å²) in [6.07, 6.45) is 1.59. The first kappa shape index (κ1) is 21.0. The van der Waals surface area contributed by atoms with Crippen LogP contribution >= 0.6 is 15.9 Å². The molecule has 0 fully saturated rings. The van der Waals surface area contributed by atoms with Gasteiger partial charge in [-0.05, 0) is 56.2 Å². The van der Waals surface area contributed by atoms with Crippen molar-refractivity contribution in [2.75, 3.05) is 18.0 Å². The SMILES string of the molecule is CC[C@H](Oc1cccc(Br)c1)C(=O)N/N=C\c1ccc(N(CC)CC)cc1. The van der Waals surface area contributed by atoms with Gasteiger partial charge in [0.15, 0.2) is 6.10 Å². The lowest BCUT2D eigenvalue weighted by atomic mass is 10.2. The van der Waals surface area contributed by atoms with Crippen LogP contribution in [0.4, 0.5) is 5.69 Å². The highest BCUT2D eigenvalue weighted by atomic mass is 79.9. The molecule has 2 aromatic carbocycles. The highest BCUT2D eigenvalue weighted by Crippen LogP contribution is 2.19. The van der Waals surface area contributed by atoms with Gasteiger partial charge in [-0.15, -0.1) is 0 Å². The Morgan fingerprint density at radius 1 is 1.19 bits per heavy atom. The zero-order valence-electron chi connectivity index (χ0n) is 16.0. The average Bonchev–Trinajstić information content (AvgIpc) is 2.68. The summed E-state index contributed by atoms with van der Waals surface area (Å²) < 4.78 is 6.66. The molecule has 0 aliphatic rings. The lowest BCUT2D eigenvalue weighted by Crippen LogP contribution is -2.35. The van der Waals surface area contributed by atoms with Gasteiger partial charge in [0.1, 0.15) is 5.75 Å². The summed E-state index contributed by atoms with van der Waals surface area (Å²) in [4.78, 5) is 14.6. The molecule has 0 aliphatic heterocycles. The monoisotopic (exact) mass is 431 g/mol. The number of carbonyl (C=O) groups excluding carboxylic acids is 1. The van der Waals surface area contributed by atoms with Crippen LogP contribution in [0.25, 0.3) is 0 Å². The molecule has 0 bridgehead atoms. The van der Waals surface area contributed by atoms with Crippen LogP contribution in [0.2, 0.25) is 0 Å². The number of nitrogens with one attached hydrogen (secondary N) is 1. The van der Waals surface area contributed by atoms with E-state index in [2.05, 4.69) is 57.3 Å². The van der Waals surface area contributed by atoms with Gasteiger partial charge in [-0.25, -0.2) is 5.43 Å². The minimum Gasteiger partial charge on any atom is -0.481 e. The van der Waals surface area contributed by atoms with Gasteiger partial charge < -0.3 is 9.64 Å². The number of hydrogen-bond donors (Lipinski definition) is 1. The van der Waals surface area contributed by atoms with Gasteiger partial charge in [-0.2, -0.15) is 5.10 Å². The third-order valence-corrected chi connectivity index (χ3v) is 4.64. The van der Waals surface area contributed by atoms with Gasteiger partial charge in [0.2, 0.25) is 0 Å². The second-order valence-corrected chi connectivity index (χ2v) is 6.89. The number of ether oxygens (including phenoxy) is 1. The summed E-state index contributed by atoms with van der Waals surface area (Å²) >= 11 is 3.39. The number of anilines is 1. The van der Waals surface area contributed by atoms with Crippen LogP contribution in [0, 0.1) is 0 Å². The number of amides is 1. The van der Waals surface area contributed by atoms with Crippen LogP contribution in [0.3, 0.4) is 0 Å². The Bertz CT molecular complexity index is 758. The van der Waals surface area contributed by atoms with Gasteiger partial charge in [0.05, 0.1) is 6.21 Å². The molecule has 5 nitrogen and oxygen atoms in total. The predicted octanol–water partition coefficient (Wildman–Crippen LogP) is 4.60. The van der Waals surface area contributed by atoms with Crippen molar-refractivity contribution in [1.82, 2.24) is 5.43 Å². The lowest BCUT2D eigenvalue weighted by molar-refractivity contribution is -0.128. The van der Waals surface area contributed by atoms with Crippen molar-refractivity contribution in [3.8, 4) is 5.75 Å². The minimum absolute atomic E-state index is 0.270. The summed E-state index contributed by atoms with van der Waals surface area (Å²) in [7, 11) is 0. The van der Waals surface area contributed by atoms with Crippen molar-refractivity contribution in [2.24, 2.45) is 5.10 Å². The highest BCUT2D eigenvalue weighted by molar-refractivity contribution is 9.10. The van der Waals surface area contributed by atoms with E-state index in [1.54, 1.807) is 6.21 Å². The fraction of sp³-hybridized carbons (Fsp3) is 0.333. The van der Waals surface area contributed by atoms with E-state index < -0.39 is 6.10 Å². The van der Waals surface area contributed by atoms with Crippen molar-refractivity contribution < 1.29 is 9.53 Å². The van der Waals surface area contributed by atoms with E-state index in [0.29, 0.717) is 12.2 Å². The van der Waals surface area contributed by atoms with Gasteiger partial charge in [0, 0.05) is 23.2 Å². The zero-order chi connectivity index (χ0) is 19.6. The molecule has 0 radical (unpaired) electrons. The number of nitrogens with zero attached hydrogens (tertiary/aromatic N) is 2. The van der Waals surface area contributed by atoms with E-state index in [4.69, 9.17) is 4.74 Å².